The van der Waals surface area contributed by atoms with Gasteiger partial charge in [-0.05, 0) is 17.7 Å². The standard InChI is InChI=1S/C13H15ClN2.C2H6/c1-8-7-15-6-5-9-12-10(14)3-2-4-11(12)16-13(8)9;1-2/h2-4,8,15-16H,5-7H2,1H3;1-2H3/p+1/t8-;/m1./s1. The molecular formula is C15H22ClN2+. The minimum absolute atomic E-state index is 0.584. The van der Waals surface area contributed by atoms with E-state index in [2.05, 4.69) is 23.3 Å². The molecule has 3 rings (SSSR count). The predicted molar refractivity (Wildman–Crippen MR) is 78.4 cm³/mol. The van der Waals surface area contributed by atoms with Crippen molar-refractivity contribution in [3.8, 4) is 0 Å². The molecule has 0 amide bonds. The van der Waals surface area contributed by atoms with Crippen molar-refractivity contribution >= 4 is 22.5 Å². The second kappa shape index (κ2) is 5.77. The molecule has 0 saturated carbocycles. The summed E-state index contributed by atoms with van der Waals surface area (Å²) in [4.78, 5) is 3.54. The van der Waals surface area contributed by atoms with Crippen LogP contribution in [0.3, 0.4) is 0 Å². The number of fused-ring (bicyclic) bond motifs is 3. The van der Waals surface area contributed by atoms with Crippen molar-refractivity contribution in [2.45, 2.75) is 33.1 Å². The van der Waals surface area contributed by atoms with Crippen molar-refractivity contribution in [2.24, 2.45) is 0 Å². The number of hydrogen-bond donors (Lipinski definition) is 2. The minimum Gasteiger partial charge on any atom is -0.358 e. The summed E-state index contributed by atoms with van der Waals surface area (Å²) in [6.45, 7) is 8.61. The van der Waals surface area contributed by atoms with Gasteiger partial charge in [0.2, 0.25) is 0 Å². The van der Waals surface area contributed by atoms with Crippen molar-refractivity contribution in [2.75, 3.05) is 13.1 Å². The van der Waals surface area contributed by atoms with Crippen LogP contribution in [0.1, 0.15) is 37.9 Å². The van der Waals surface area contributed by atoms with Gasteiger partial charge in [0.15, 0.2) is 0 Å². The first-order chi connectivity index (χ1) is 8.77. The molecule has 0 fully saturated rings. The van der Waals surface area contributed by atoms with Gasteiger partial charge in [0.25, 0.3) is 0 Å². The maximum atomic E-state index is 6.31. The first-order valence-corrected chi connectivity index (χ1v) is 7.26. The minimum atomic E-state index is 0.584. The third-order valence-corrected chi connectivity index (χ3v) is 3.84. The number of aromatic nitrogens is 1. The number of quaternary nitrogens is 1. The molecule has 2 aromatic rings. The summed E-state index contributed by atoms with van der Waals surface area (Å²) in [5, 5.41) is 4.51. The zero-order valence-electron chi connectivity index (χ0n) is 11.4. The van der Waals surface area contributed by atoms with Gasteiger partial charge >= 0.3 is 0 Å². The van der Waals surface area contributed by atoms with Gasteiger partial charge in [-0.1, -0.05) is 38.4 Å². The number of H-pyrrole nitrogens is 1. The monoisotopic (exact) mass is 265 g/mol. The summed E-state index contributed by atoms with van der Waals surface area (Å²) in [7, 11) is 0. The van der Waals surface area contributed by atoms with E-state index in [0.717, 1.165) is 24.5 Å². The van der Waals surface area contributed by atoms with Gasteiger partial charge in [-0.15, -0.1) is 0 Å². The number of hydrogen-bond acceptors (Lipinski definition) is 0. The Hall–Kier alpha value is -0.990. The number of nitrogens with two attached hydrogens (primary N) is 1. The Labute approximate surface area is 114 Å². The zero-order valence-corrected chi connectivity index (χ0v) is 12.1. The van der Waals surface area contributed by atoms with E-state index in [-0.39, 0.29) is 0 Å². The molecule has 3 N–H and O–H groups in total. The topological polar surface area (TPSA) is 32.4 Å². The largest absolute Gasteiger partial charge is 0.358 e. The van der Waals surface area contributed by atoms with E-state index in [1.165, 1.54) is 22.2 Å². The zero-order chi connectivity index (χ0) is 13.1. The van der Waals surface area contributed by atoms with Crippen LogP contribution in [-0.2, 0) is 6.42 Å². The van der Waals surface area contributed by atoms with Crippen LogP contribution in [0.2, 0.25) is 5.02 Å². The van der Waals surface area contributed by atoms with Crippen molar-refractivity contribution in [1.82, 2.24) is 4.98 Å². The molecule has 1 aromatic carbocycles. The van der Waals surface area contributed by atoms with Gasteiger partial charge in [-0.2, -0.15) is 0 Å². The van der Waals surface area contributed by atoms with E-state index < -0.39 is 0 Å². The Morgan fingerprint density at radius 1 is 1.33 bits per heavy atom. The fourth-order valence-electron chi connectivity index (χ4n) is 2.70. The number of halogens is 1. The SMILES string of the molecule is CC.C[C@@H]1C[NH2+]CCc2c1[nH]c1cccc(Cl)c21. The van der Waals surface area contributed by atoms with Gasteiger partial charge in [0, 0.05) is 28.9 Å². The molecule has 0 spiro atoms. The molecule has 0 radical (unpaired) electrons. The van der Waals surface area contributed by atoms with Crippen molar-refractivity contribution in [3.05, 3.63) is 34.5 Å². The number of benzene rings is 1. The van der Waals surface area contributed by atoms with E-state index in [9.17, 15) is 0 Å². The lowest BCUT2D eigenvalue weighted by Crippen LogP contribution is -2.85. The number of aromatic amines is 1. The van der Waals surface area contributed by atoms with Gasteiger partial charge in [-0.3, -0.25) is 0 Å². The lowest BCUT2D eigenvalue weighted by atomic mass is 10.0. The van der Waals surface area contributed by atoms with E-state index in [1.54, 1.807) is 0 Å². The molecule has 1 aliphatic heterocycles. The van der Waals surface area contributed by atoms with Crippen LogP contribution in [-0.4, -0.2) is 18.1 Å². The average Bonchev–Trinajstić information content (AvgIpc) is 2.68. The second-order valence-electron chi connectivity index (χ2n) is 4.64. The molecule has 2 nitrogen and oxygen atoms in total. The smallest absolute Gasteiger partial charge is 0.0836 e. The van der Waals surface area contributed by atoms with Crippen LogP contribution in [0.15, 0.2) is 18.2 Å². The van der Waals surface area contributed by atoms with Crippen molar-refractivity contribution < 1.29 is 5.32 Å². The Morgan fingerprint density at radius 2 is 2.11 bits per heavy atom. The van der Waals surface area contributed by atoms with E-state index in [0.29, 0.717) is 5.92 Å². The Bertz CT molecular complexity index is 531. The van der Waals surface area contributed by atoms with Gasteiger partial charge in [-0.25, -0.2) is 0 Å². The van der Waals surface area contributed by atoms with Gasteiger partial charge in [0.1, 0.15) is 0 Å². The van der Waals surface area contributed by atoms with Crippen LogP contribution in [0.5, 0.6) is 0 Å². The fourth-order valence-corrected chi connectivity index (χ4v) is 2.99. The molecular weight excluding hydrogens is 244 g/mol. The Balaban J connectivity index is 0.000000574. The maximum Gasteiger partial charge on any atom is 0.0836 e. The molecule has 3 heteroatoms. The van der Waals surface area contributed by atoms with Crippen LogP contribution in [0.25, 0.3) is 10.9 Å². The van der Waals surface area contributed by atoms with Crippen molar-refractivity contribution in [1.29, 1.82) is 0 Å². The molecule has 0 aliphatic carbocycles. The quantitative estimate of drug-likeness (QED) is 0.734. The summed E-state index contributed by atoms with van der Waals surface area (Å²) < 4.78 is 0. The molecule has 18 heavy (non-hydrogen) atoms. The lowest BCUT2D eigenvalue weighted by molar-refractivity contribution is -0.655. The highest BCUT2D eigenvalue weighted by atomic mass is 35.5. The number of nitrogens with one attached hydrogen (secondary N) is 1. The summed E-state index contributed by atoms with van der Waals surface area (Å²) in [5.74, 6) is 0.584. The van der Waals surface area contributed by atoms with E-state index in [1.807, 2.05) is 26.0 Å². The summed E-state index contributed by atoms with van der Waals surface area (Å²) in [5.41, 5.74) is 4.00. The summed E-state index contributed by atoms with van der Waals surface area (Å²) in [6, 6.07) is 6.11. The molecule has 0 unspecified atom stereocenters. The third kappa shape index (κ3) is 2.27. The maximum absolute atomic E-state index is 6.31. The third-order valence-electron chi connectivity index (χ3n) is 3.52. The summed E-state index contributed by atoms with van der Waals surface area (Å²) >= 11 is 6.31. The first kappa shape index (κ1) is 13.4. The van der Waals surface area contributed by atoms with Crippen LogP contribution >= 0.6 is 11.6 Å². The van der Waals surface area contributed by atoms with Crippen LogP contribution in [0.4, 0.5) is 0 Å². The van der Waals surface area contributed by atoms with Crippen molar-refractivity contribution in [3.63, 3.8) is 0 Å². The molecule has 1 aromatic heterocycles. The van der Waals surface area contributed by atoms with Gasteiger partial charge < -0.3 is 10.3 Å². The lowest BCUT2D eigenvalue weighted by Gasteiger charge is -2.04. The van der Waals surface area contributed by atoms with E-state index in [4.69, 9.17) is 11.6 Å². The Kier molecular flexibility index (Phi) is 4.31. The van der Waals surface area contributed by atoms with Crippen LogP contribution in [0, 0.1) is 0 Å². The second-order valence-corrected chi connectivity index (χ2v) is 5.05. The number of rotatable bonds is 0. The normalized spacial score (nSPS) is 18.8. The molecule has 1 aliphatic rings. The molecule has 98 valence electrons. The molecule has 0 saturated heterocycles. The summed E-state index contributed by atoms with van der Waals surface area (Å²) in [6.07, 6.45) is 1.11. The molecule has 0 bridgehead atoms. The molecule has 1 atom stereocenters. The molecule has 2 heterocycles. The highest BCUT2D eigenvalue weighted by Crippen LogP contribution is 2.33. The van der Waals surface area contributed by atoms with Gasteiger partial charge in [0.05, 0.1) is 18.1 Å². The van der Waals surface area contributed by atoms with E-state index >= 15 is 0 Å². The highest BCUT2D eigenvalue weighted by Gasteiger charge is 2.22. The van der Waals surface area contributed by atoms with Crippen LogP contribution < -0.4 is 5.32 Å². The average molecular weight is 266 g/mol. The highest BCUT2D eigenvalue weighted by molar-refractivity contribution is 6.35. The first-order valence-electron chi connectivity index (χ1n) is 6.88. The Morgan fingerprint density at radius 3 is 2.89 bits per heavy atom. The fraction of sp³-hybridized carbons (Fsp3) is 0.467. The predicted octanol–water partition coefficient (Wildman–Crippen LogP) is 3.07.